The Bertz CT molecular complexity index is 531. The summed E-state index contributed by atoms with van der Waals surface area (Å²) < 4.78 is 0. The number of β-amino-alcohol motifs (C(OH)–C–C–N with tert-alkyl or cyclic N) is 1. The molecule has 1 aromatic rings. The lowest BCUT2D eigenvalue weighted by Crippen LogP contribution is -2.42. The maximum atomic E-state index is 12.5. The smallest absolute Gasteiger partial charge is 0.232 e. The summed E-state index contributed by atoms with van der Waals surface area (Å²) in [4.78, 5) is 14.2. The molecule has 100 valence electrons. The van der Waals surface area contributed by atoms with Crippen LogP contribution in [-0.2, 0) is 10.2 Å². The molecule has 4 nitrogen and oxygen atoms in total. The average Bonchev–Trinajstić information content (AvgIpc) is 2.84. The van der Waals surface area contributed by atoms with Crippen LogP contribution in [0.25, 0.3) is 0 Å². The highest BCUT2D eigenvalue weighted by Gasteiger charge is 2.36. The lowest BCUT2D eigenvalue weighted by molar-refractivity contribution is -0.135. The van der Waals surface area contributed by atoms with E-state index < -0.39 is 11.5 Å². The molecule has 0 unspecified atom stereocenters. The molecule has 0 aromatic heterocycles. The zero-order valence-corrected chi connectivity index (χ0v) is 11.3. The van der Waals surface area contributed by atoms with E-state index >= 15 is 0 Å². The highest BCUT2D eigenvalue weighted by molar-refractivity contribution is 5.87. The zero-order valence-electron chi connectivity index (χ0n) is 11.3. The monoisotopic (exact) mass is 258 g/mol. The molecule has 1 atom stereocenters. The number of aliphatic hydroxyl groups is 1. The van der Waals surface area contributed by atoms with Gasteiger partial charge in [0.1, 0.15) is 0 Å². The number of hydrogen-bond donors (Lipinski definition) is 1. The summed E-state index contributed by atoms with van der Waals surface area (Å²) in [6.45, 7) is 4.72. The van der Waals surface area contributed by atoms with Crippen LogP contribution in [0.2, 0.25) is 0 Å². The van der Waals surface area contributed by atoms with Gasteiger partial charge in [-0.25, -0.2) is 0 Å². The summed E-state index contributed by atoms with van der Waals surface area (Å²) in [6.07, 6.45) is 0.227. The third-order valence-electron chi connectivity index (χ3n) is 3.70. The van der Waals surface area contributed by atoms with Crippen LogP contribution in [0, 0.1) is 11.3 Å². The van der Waals surface area contributed by atoms with Gasteiger partial charge in [0.2, 0.25) is 5.91 Å². The maximum Gasteiger partial charge on any atom is 0.232 e. The Kier molecular flexibility index (Phi) is 3.59. The van der Waals surface area contributed by atoms with Gasteiger partial charge in [0.25, 0.3) is 0 Å². The van der Waals surface area contributed by atoms with E-state index in [1.165, 1.54) is 0 Å². The van der Waals surface area contributed by atoms with Crippen LogP contribution >= 0.6 is 0 Å². The summed E-state index contributed by atoms with van der Waals surface area (Å²) in [5.41, 5.74) is 0.703. The lowest BCUT2D eigenvalue weighted by Gasteiger charge is -2.29. The average molecular weight is 258 g/mol. The molecule has 1 aliphatic heterocycles. The SMILES string of the molecule is CC(C)(C(=O)N1CC[C@@H](O)C1)c1cccc(C#N)c1. The lowest BCUT2D eigenvalue weighted by atomic mass is 9.82. The Balaban J connectivity index is 2.26. The Labute approximate surface area is 113 Å². The van der Waals surface area contributed by atoms with Gasteiger partial charge in [-0.3, -0.25) is 4.79 Å². The van der Waals surface area contributed by atoms with Crippen molar-refractivity contribution in [3.63, 3.8) is 0 Å². The van der Waals surface area contributed by atoms with Gasteiger partial charge in [-0.1, -0.05) is 12.1 Å². The number of carbonyl (C=O) groups is 1. The minimum absolute atomic E-state index is 0.000796. The molecule has 4 heteroatoms. The van der Waals surface area contributed by atoms with Crippen LogP contribution in [-0.4, -0.2) is 35.1 Å². The molecular weight excluding hydrogens is 240 g/mol. The second-order valence-corrected chi connectivity index (χ2v) is 5.51. The molecule has 2 rings (SSSR count). The van der Waals surface area contributed by atoms with Gasteiger partial charge in [0.05, 0.1) is 23.2 Å². The van der Waals surface area contributed by atoms with Gasteiger partial charge >= 0.3 is 0 Å². The number of rotatable bonds is 2. The molecule has 1 amide bonds. The number of aliphatic hydroxyl groups excluding tert-OH is 1. The number of nitrogens with zero attached hydrogens (tertiary/aromatic N) is 2. The van der Waals surface area contributed by atoms with E-state index in [0.717, 1.165) is 5.56 Å². The molecule has 0 bridgehead atoms. The highest BCUT2D eigenvalue weighted by atomic mass is 16.3. The Morgan fingerprint density at radius 3 is 2.84 bits per heavy atom. The second kappa shape index (κ2) is 5.02. The quantitative estimate of drug-likeness (QED) is 0.872. The number of amides is 1. The van der Waals surface area contributed by atoms with Crippen molar-refractivity contribution in [3.05, 3.63) is 35.4 Å². The molecule has 1 fully saturated rings. The van der Waals surface area contributed by atoms with Crippen LogP contribution in [0.15, 0.2) is 24.3 Å². The summed E-state index contributed by atoms with van der Waals surface area (Å²) in [7, 11) is 0. The molecule has 1 N–H and O–H groups in total. The molecule has 0 aliphatic carbocycles. The van der Waals surface area contributed by atoms with Gasteiger partial charge in [-0.05, 0) is 38.0 Å². The fraction of sp³-hybridized carbons (Fsp3) is 0.467. The van der Waals surface area contributed by atoms with Crippen molar-refractivity contribution in [2.75, 3.05) is 13.1 Å². The van der Waals surface area contributed by atoms with Crippen LogP contribution in [0.4, 0.5) is 0 Å². The van der Waals surface area contributed by atoms with Crippen LogP contribution < -0.4 is 0 Å². The molecule has 1 aliphatic rings. The molecule has 0 spiro atoms. The molecule has 1 saturated heterocycles. The van der Waals surface area contributed by atoms with Crippen LogP contribution in [0.5, 0.6) is 0 Å². The van der Waals surface area contributed by atoms with Crippen molar-refractivity contribution in [1.82, 2.24) is 4.90 Å². The third-order valence-corrected chi connectivity index (χ3v) is 3.70. The standard InChI is InChI=1S/C15H18N2O2/c1-15(2,12-5-3-4-11(8-12)9-16)14(19)17-7-6-13(18)10-17/h3-5,8,13,18H,6-7,10H2,1-2H3/t13-/m1/s1. The number of hydrogen-bond acceptors (Lipinski definition) is 3. The topological polar surface area (TPSA) is 64.3 Å². The first kappa shape index (κ1) is 13.6. The maximum absolute atomic E-state index is 12.5. The first-order chi connectivity index (χ1) is 8.95. The highest BCUT2D eigenvalue weighted by Crippen LogP contribution is 2.28. The fourth-order valence-corrected chi connectivity index (χ4v) is 2.42. The Morgan fingerprint density at radius 1 is 1.53 bits per heavy atom. The van der Waals surface area contributed by atoms with Gasteiger partial charge in [-0.15, -0.1) is 0 Å². The van der Waals surface area contributed by atoms with Crippen molar-refractivity contribution in [2.24, 2.45) is 0 Å². The van der Waals surface area contributed by atoms with E-state index in [2.05, 4.69) is 6.07 Å². The van der Waals surface area contributed by atoms with E-state index in [1.54, 1.807) is 23.1 Å². The third kappa shape index (κ3) is 2.61. The van der Waals surface area contributed by atoms with Crippen molar-refractivity contribution in [2.45, 2.75) is 31.8 Å². The fourth-order valence-electron chi connectivity index (χ4n) is 2.42. The van der Waals surface area contributed by atoms with Crippen molar-refractivity contribution in [1.29, 1.82) is 5.26 Å². The van der Waals surface area contributed by atoms with Gasteiger partial charge in [0.15, 0.2) is 0 Å². The summed E-state index contributed by atoms with van der Waals surface area (Å²) in [5, 5.41) is 18.5. The van der Waals surface area contributed by atoms with E-state index in [1.807, 2.05) is 19.9 Å². The second-order valence-electron chi connectivity index (χ2n) is 5.51. The predicted octanol–water partition coefficient (Wildman–Crippen LogP) is 1.43. The molecule has 19 heavy (non-hydrogen) atoms. The van der Waals surface area contributed by atoms with Crippen molar-refractivity contribution < 1.29 is 9.90 Å². The molecule has 0 radical (unpaired) electrons. The zero-order chi connectivity index (χ0) is 14.0. The van der Waals surface area contributed by atoms with Crippen molar-refractivity contribution in [3.8, 4) is 6.07 Å². The van der Waals surface area contributed by atoms with Gasteiger partial charge in [-0.2, -0.15) is 5.26 Å². The largest absolute Gasteiger partial charge is 0.391 e. The minimum Gasteiger partial charge on any atom is -0.391 e. The molecule has 1 heterocycles. The number of benzene rings is 1. The summed E-state index contributed by atoms with van der Waals surface area (Å²) >= 11 is 0. The Morgan fingerprint density at radius 2 is 2.26 bits per heavy atom. The number of nitriles is 1. The summed E-state index contributed by atoms with van der Waals surface area (Å²) in [6, 6.07) is 9.23. The minimum atomic E-state index is -0.684. The van der Waals surface area contributed by atoms with Gasteiger partial charge < -0.3 is 10.0 Å². The van der Waals surface area contributed by atoms with E-state index in [-0.39, 0.29) is 5.91 Å². The first-order valence-electron chi connectivity index (χ1n) is 6.43. The normalized spacial score (nSPS) is 19.3. The van der Waals surface area contributed by atoms with Crippen molar-refractivity contribution >= 4 is 5.91 Å². The van der Waals surface area contributed by atoms with E-state index in [4.69, 9.17) is 5.26 Å². The van der Waals surface area contributed by atoms with Crippen LogP contribution in [0.3, 0.4) is 0 Å². The summed E-state index contributed by atoms with van der Waals surface area (Å²) in [5.74, 6) is -0.000796. The molecular formula is C15H18N2O2. The number of carbonyl (C=O) groups excluding carboxylic acids is 1. The van der Waals surface area contributed by atoms with E-state index in [9.17, 15) is 9.90 Å². The van der Waals surface area contributed by atoms with Crippen LogP contribution in [0.1, 0.15) is 31.4 Å². The first-order valence-corrected chi connectivity index (χ1v) is 6.43. The van der Waals surface area contributed by atoms with E-state index in [0.29, 0.717) is 25.1 Å². The van der Waals surface area contributed by atoms with Gasteiger partial charge in [0, 0.05) is 13.1 Å². The Hall–Kier alpha value is -1.86. The predicted molar refractivity (Wildman–Crippen MR) is 71.4 cm³/mol. The molecule has 1 aromatic carbocycles. The molecule has 0 saturated carbocycles. The number of likely N-dealkylation sites (tertiary alicyclic amines) is 1.